The van der Waals surface area contributed by atoms with Crippen LogP contribution in [0.2, 0.25) is 0 Å². The Hall–Kier alpha value is -2.44. The van der Waals surface area contributed by atoms with E-state index < -0.39 is 0 Å². The summed E-state index contributed by atoms with van der Waals surface area (Å²) in [5, 5.41) is 14.8. The second-order valence-corrected chi connectivity index (χ2v) is 6.00. The molecular formula is C16H21N5O2. The summed E-state index contributed by atoms with van der Waals surface area (Å²) in [6.45, 7) is 2.97. The van der Waals surface area contributed by atoms with Gasteiger partial charge in [0.1, 0.15) is 12.7 Å². The lowest BCUT2D eigenvalue weighted by molar-refractivity contribution is -0.384. The molecule has 0 spiro atoms. The Balaban J connectivity index is 1.43. The van der Waals surface area contributed by atoms with Crippen LogP contribution in [0.25, 0.3) is 0 Å². The quantitative estimate of drug-likeness (QED) is 0.605. The van der Waals surface area contributed by atoms with Crippen molar-refractivity contribution in [2.45, 2.75) is 32.2 Å². The summed E-state index contributed by atoms with van der Waals surface area (Å²) >= 11 is 0. The minimum absolute atomic E-state index is 0.150. The topological polar surface area (TPSA) is 77.1 Å². The highest BCUT2D eigenvalue weighted by atomic mass is 16.6. The first-order valence-electron chi connectivity index (χ1n) is 8.04. The van der Waals surface area contributed by atoms with Gasteiger partial charge in [-0.3, -0.25) is 14.8 Å². The zero-order valence-electron chi connectivity index (χ0n) is 13.0. The number of anilines is 1. The molecule has 0 N–H and O–H groups in total. The minimum Gasteiger partial charge on any atom is -0.372 e. The van der Waals surface area contributed by atoms with Crippen LogP contribution in [0.5, 0.6) is 0 Å². The second-order valence-electron chi connectivity index (χ2n) is 6.00. The van der Waals surface area contributed by atoms with Crippen molar-refractivity contribution in [3.63, 3.8) is 0 Å². The molecule has 1 aromatic heterocycles. The van der Waals surface area contributed by atoms with Crippen molar-refractivity contribution in [1.82, 2.24) is 14.8 Å². The van der Waals surface area contributed by atoms with Gasteiger partial charge in [-0.15, -0.1) is 0 Å². The van der Waals surface area contributed by atoms with E-state index in [0.29, 0.717) is 0 Å². The van der Waals surface area contributed by atoms with Gasteiger partial charge in [0.2, 0.25) is 0 Å². The van der Waals surface area contributed by atoms with E-state index in [2.05, 4.69) is 15.0 Å². The van der Waals surface area contributed by atoms with Gasteiger partial charge in [0, 0.05) is 37.5 Å². The third-order valence-electron chi connectivity index (χ3n) is 4.51. The van der Waals surface area contributed by atoms with Crippen LogP contribution in [0.1, 0.15) is 25.7 Å². The van der Waals surface area contributed by atoms with Crippen molar-refractivity contribution in [2.75, 3.05) is 18.0 Å². The van der Waals surface area contributed by atoms with Gasteiger partial charge in [0.25, 0.3) is 5.69 Å². The minimum atomic E-state index is -0.356. The van der Waals surface area contributed by atoms with Crippen molar-refractivity contribution in [3.05, 3.63) is 47.0 Å². The zero-order valence-corrected chi connectivity index (χ0v) is 13.0. The van der Waals surface area contributed by atoms with Gasteiger partial charge in [-0.05, 0) is 43.7 Å². The smallest absolute Gasteiger partial charge is 0.269 e. The molecule has 3 rings (SSSR count). The number of nitrogens with zero attached hydrogens (tertiary/aromatic N) is 5. The fourth-order valence-corrected chi connectivity index (χ4v) is 3.16. The van der Waals surface area contributed by atoms with Crippen LogP contribution in [-0.4, -0.2) is 32.8 Å². The van der Waals surface area contributed by atoms with E-state index in [1.54, 1.807) is 24.8 Å². The molecule has 1 aliphatic heterocycles. The number of aryl methyl sites for hydroxylation is 1. The summed E-state index contributed by atoms with van der Waals surface area (Å²) in [6, 6.07) is 6.87. The number of hydrogen-bond acceptors (Lipinski definition) is 5. The average Bonchev–Trinajstić information content (AvgIpc) is 3.09. The average molecular weight is 315 g/mol. The summed E-state index contributed by atoms with van der Waals surface area (Å²) < 4.78 is 1.88. The van der Waals surface area contributed by atoms with Crippen LogP contribution in [-0.2, 0) is 6.54 Å². The molecule has 0 aliphatic carbocycles. The molecule has 122 valence electrons. The molecule has 0 saturated carbocycles. The summed E-state index contributed by atoms with van der Waals surface area (Å²) in [5.41, 5.74) is 1.23. The van der Waals surface area contributed by atoms with E-state index in [0.717, 1.165) is 37.7 Å². The van der Waals surface area contributed by atoms with Gasteiger partial charge in [-0.2, -0.15) is 5.10 Å². The van der Waals surface area contributed by atoms with Crippen LogP contribution >= 0.6 is 0 Å². The molecule has 7 nitrogen and oxygen atoms in total. The van der Waals surface area contributed by atoms with E-state index >= 15 is 0 Å². The number of aromatic nitrogens is 3. The lowest BCUT2D eigenvalue weighted by Gasteiger charge is -2.33. The Morgan fingerprint density at radius 1 is 1.22 bits per heavy atom. The lowest BCUT2D eigenvalue weighted by Crippen LogP contribution is -2.33. The maximum absolute atomic E-state index is 10.7. The van der Waals surface area contributed by atoms with Gasteiger partial charge in [-0.25, -0.2) is 4.98 Å². The maximum Gasteiger partial charge on any atom is 0.269 e. The molecule has 2 heterocycles. The largest absolute Gasteiger partial charge is 0.372 e. The van der Waals surface area contributed by atoms with E-state index in [1.165, 1.54) is 19.3 Å². The molecule has 1 aromatic carbocycles. The van der Waals surface area contributed by atoms with Crippen molar-refractivity contribution in [3.8, 4) is 0 Å². The molecule has 2 aromatic rings. The molecule has 1 aliphatic rings. The first-order chi connectivity index (χ1) is 11.2. The molecule has 1 saturated heterocycles. The monoisotopic (exact) mass is 315 g/mol. The van der Waals surface area contributed by atoms with Crippen molar-refractivity contribution in [1.29, 1.82) is 0 Å². The number of benzene rings is 1. The van der Waals surface area contributed by atoms with Crippen LogP contribution < -0.4 is 4.90 Å². The fourth-order valence-electron chi connectivity index (χ4n) is 3.16. The van der Waals surface area contributed by atoms with Crippen LogP contribution in [0, 0.1) is 16.0 Å². The van der Waals surface area contributed by atoms with Crippen LogP contribution in [0.3, 0.4) is 0 Å². The molecule has 23 heavy (non-hydrogen) atoms. The summed E-state index contributed by atoms with van der Waals surface area (Å²) in [5.74, 6) is 0.757. The van der Waals surface area contributed by atoms with Gasteiger partial charge in [-0.1, -0.05) is 0 Å². The molecule has 7 heteroatoms. The normalized spacial score (nSPS) is 15.7. The van der Waals surface area contributed by atoms with Gasteiger partial charge in [0.15, 0.2) is 0 Å². The van der Waals surface area contributed by atoms with Gasteiger partial charge >= 0.3 is 0 Å². The van der Waals surface area contributed by atoms with E-state index in [4.69, 9.17) is 0 Å². The zero-order chi connectivity index (χ0) is 16.1. The molecule has 0 bridgehead atoms. The predicted molar refractivity (Wildman–Crippen MR) is 87.3 cm³/mol. The van der Waals surface area contributed by atoms with Gasteiger partial charge in [0.05, 0.1) is 4.92 Å². The number of non-ortho nitro benzene ring substituents is 1. The summed E-state index contributed by atoms with van der Waals surface area (Å²) in [6.07, 6.45) is 8.03. The number of hydrogen-bond donors (Lipinski definition) is 0. The summed E-state index contributed by atoms with van der Waals surface area (Å²) in [7, 11) is 0. The summed E-state index contributed by atoms with van der Waals surface area (Å²) in [4.78, 5) is 16.6. The van der Waals surface area contributed by atoms with Crippen molar-refractivity contribution in [2.24, 2.45) is 5.92 Å². The van der Waals surface area contributed by atoms with E-state index in [1.807, 2.05) is 16.8 Å². The predicted octanol–water partition coefficient (Wildman–Crippen LogP) is 2.88. The Morgan fingerprint density at radius 3 is 2.57 bits per heavy atom. The van der Waals surface area contributed by atoms with Crippen LogP contribution in [0.4, 0.5) is 11.4 Å². The highest BCUT2D eigenvalue weighted by molar-refractivity contribution is 5.51. The third-order valence-corrected chi connectivity index (χ3v) is 4.51. The Morgan fingerprint density at radius 2 is 1.96 bits per heavy atom. The Labute approximate surface area is 135 Å². The number of rotatable bonds is 6. The third kappa shape index (κ3) is 4.06. The Kier molecular flexibility index (Phi) is 4.85. The van der Waals surface area contributed by atoms with Crippen molar-refractivity contribution >= 4 is 11.4 Å². The SMILES string of the molecule is O=[N+]([O-])c1ccc(N2CCC(CCCn3cncn3)CC2)cc1. The second kappa shape index (κ2) is 7.21. The molecule has 1 fully saturated rings. The highest BCUT2D eigenvalue weighted by Crippen LogP contribution is 2.27. The Bertz CT molecular complexity index is 618. The lowest BCUT2D eigenvalue weighted by atomic mass is 9.92. The maximum atomic E-state index is 10.7. The molecule has 0 radical (unpaired) electrons. The van der Waals surface area contributed by atoms with E-state index in [-0.39, 0.29) is 10.6 Å². The molecule has 0 amide bonds. The number of piperidine rings is 1. The van der Waals surface area contributed by atoms with E-state index in [9.17, 15) is 10.1 Å². The van der Waals surface area contributed by atoms with Gasteiger partial charge < -0.3 is 4.90 Å². The molecular weight excluding hydrogens is 294 g/mol. The first-order valence-corrected chi connectivity index (χ1v) is 8.04. The number of nitro groups is 1. The standard InChI is InChI=1S/C16H21N5O2/c22-21(23)16-5-3-15(4-6-16)19-10-7-14(8-11-19)2-1-9-20-13-17-12-18-20/h3-6,12-14H,1-2,7-11H2. The molecule has 0 unspecified atom stereocenters. The first kappa shape index (κ1) is 15.5. The fraction of sp³-hybridized carbons (Fsp3) is 0.500. The van der Waals surface area contributed by atoms with Crippen LogP contribution in [0.15, 0.2) is 36.9 Å². The number of nitro benzene ring substituents is 1. The molecule has 0 atom stereocenters. The van der Waals surface area contributed by atoms with Crippen molar-refractivity contribution < 1.29 is 4.92 Å². The highest BCUT2D eigenvalue weighted by Gasteiger charge is 2.19.